The molecule has 0 saturated carbocycles. The van der Waals surface area contributed by atoms with Gasteiger partial charge in [-0.3, -0.25) is 9.59 Å². The number of urea groups is 1. The van der Waals surface area contributed by atoms with Gasteiger partial charge >= 0.3 is 6.03 Å². The molecule has 0 unspecified atom stereocenters. The van der Waals surface area contributed by atoms with Crippen LogP contribution < -0.4 is 15.4 Å². The fourth-order valence-electron chi connectivity index (χ4n) is 3.61. The highest BCUT2D eigenvalue weighted by Crippen LogP contribution is 2.29. The minimum atomic E-state index is -1.04. The number of amides is 4. The summed E-state index contributed by atoms with van der Waals surface area (Å²) in [7, 11) is 1.58. The van der Waals surface area contributed by atoms with Gasteiger partial charge in [-0.1, -0.05) is 43.5 Å². The predicted molar refractivity (Wildman–Crippen MR) is 129 cm³/mol. The van der Waals surface area contributed by atoms with Crippen LogP contribution in [0.3, 0.4) is 0 Å². The number of terminal acetylenes is 1. The Hall–Kier alpha value is -3.54. The maximum absolute atomic E-state index is 13.2. The second-order valence-corrected chi connectivity index (χ2v) is 8.43. The number of ether oxygens (including phenoxy) is 2. The topological polar surface area (TPSA) is 97.0 Å². The average molecular weight is 484 g/mol. The second-order valence-electron chi connectivity index (χ2n) is 8.02. The third-order valence-corrected chi connectivity index (χ3v) is 5.63. The summed E-state index contributed by atoms with van der Waals surface area (Å²) in [5, 5.41) is 5.64. The molecule has 0 aliphatic carbocycles. The molecule has 0 spiro atoms. The van der Waals surface area contributed by atoms with Crippen LogP contribution in [0.25, 0.3) is 0 Å². The van der Waals surface area contributed by atoms with Gasteiger partial charge in [0.05, 0.1) is 17.3 Å². The van der Waals surface area contributed by atoms with Crippen molar-refractivity contribution in [3.63, 3.8) is 0 Å². The van der Waals surface area contributed by atoms with Crippen molar-refractivity contribution < 1.29 is 23.9 Å². The lowest BCUT2D eigenvalue weighted by atomic mass is 10.00. The van der Waals surface area contributed by atoms with Gasteiger partial charge in [-0.05, 0) is 41.8 Å². The lowest BCUT2D eigenvalue weighted by Gasteiger charge is -2.27. The highest BCUT2D eigenvalue weighted by molar-refractivity contribution is 6.34. The molecule has 3 rings (SSSR count). The number of anilines is 1. The Morgan fingerprint density at radius 2 is 1.91 bits per heavy atom. The number of carbonyl (C=O) groups excluding carboxylic acids is 3. The molecule has 1 aliphatic rings. The molecule has 2 N–H and O–H groups in total. The minimum absolute atomic E-state index is 0.259. The van der Waals surface area contributed by atoms with E-state index in [1.807, 2.05) is 0 Å². The number of halogens is 1. The normalized spacial score (nSPS) is 16.2. The van der Waals surface area contributed by atoms with Crippen molar-refractivity contribution in [1.29, 1.82) is 0 Å². The molecule has 1 aliphatic heterocycles. The van der Waals surface area contributed by atoms with E-state index in [1.165, 1.54) is 0 Å². The molecule has 8 nitrogen and oxygen atoms in total. The number of nitrogens with zero attached hydrogens (tertiary/aromatic N) is 1. The second kappa shape index (κ2) is 11.1. The number of imide groups is 1. The molecule has 1 saturated heterocycles. The zero-order valence-corrected chi connectivity index (χ0v) is 19.9. The smallest absolute Gasteiger partial charge is 0.325 e. The van der Waals surface area contributed by atoms with E-state index in [-0.39, 0.29) is 10.9 Å². The van der Waals surface area contributed by atoms with Gasteiger partial charge in [-0.2, -0.15) is 0 Å². The Morgan fingerprint density at radius 1 is 1.21 bits per heavy atom. The highest BCUT2D eigenvalue weighted by atomic mass is 35.5. The Kier molecular flexibility index (Phi) is 8.16. The predicted octanol–water partition coefficient (Wildman–Crippen LogP) is 3.60. The van der Waals surface area contributed by atoms with Crippen LogP contribution in [0.5, 0.6) is 5.75 Å². The van der Waals surface area contributed by atoms with Gasteiger partial charge in [0.25, 0.3) is 5.91 Å². The molecular formula is C25H26ClN3O5. The summed E-state index contributed by atoms with van der Waals surface area (Å²) in [6.45, 7) is 4.36. The van der Waals surface area contributed by atoms with Gasteiger partial charge in [0.2, 0.25) is 5.91 Å². The van der Waals surface area contributed by atoms with Gasteiger partial charge in [0.15, 0.2) is 0 Å². The number of carbonyl (C=O) groups is 3. The lowest BCUT2D eigenvalue weighted by Crippen LogP contribution is -2.50. The van der Waals surface area contributed by atoms with E-state index in [1.54, 1.807) is 63.4 Å². The quantitative estimate of drug-likeness (QED) is 0.322. The molecule has 2 aromatic rings. The molecule has 1 heterocycles. The van der Waals surface area contributed by atoms with Crippen LogP contribution in [0, 0.1) is 18.3 Å². The van der Waals surface area contributed by atoms with Crippen molar-refractivity contribution in [1.82, 2.24) is 10.2 Å². The van der Waals surface area contributed by atoms with E-state index in [0.717, 1.165) is 4.90 Å². The molecule has 34 heavy (non-hydrogen) atoms. The summed E-state index contributed by atoms with van der Waals surface area (Å²) in [6, 6.07) is 8.99. The van der Waals surface area contributed by atoms with Crippen molar-refractivity contribution in [3.05, 3.63) is 58.6 Å². The fraction of sp³-hybridized carbons (Fsp3) is 0.320. The van der Waals surface area contributed by atoms with Crippen molar-refractivity contribution >= 4 is 35.1 Å². The van der Waals surface area contributed by atoms with Crippen LogP contribution >= 0.6 is 11.6 Å². The summed E-state index contributed by atoms with van der Waals surface area (Å²) in [4.78, 5) is 40.1. The van der Waals surface area contributed by atoms with Gasteiger partial charge in [0.1, 0.15) is 24.4 Å². The van der Waals surface area contributed by atoms with Crippen LogP contribution in [0.15, 0.2) is 42.5 Å². The number of methoxy groups -OCH3 is 1. The van der Waals surface area contributed by atoms with E-state index in [9.17, 15) is 14.4 Å². The van der Waals surface area contributed by atoms with E-state index < -0.39 is 29.9 Å². The fourth-order valence-corrected chi connectivity index (χ4v) is 3.84. The standard InChI is InChI=1S/C25H26ClN3O5/c1-5-16-6-11-20(19(26)14-16)27-23(30)22(15(2)3)29-24(31)21(28-25(29)32)17-7-9-18(10-8-17)34-13-12-33-4/h1,6-11,14-15,21-22H,12-13H2,2-4H3,(H,27,30)(H,28,32)/t21-,22+/m1/s1. The Morgan fingerprint density at radius 3 is 2.50 bits per heavy atom. The molecule has 9 heteroatoms. The summed E-state index contributed by atoms with van der Waals surface area (Å²) in [5.74, 6) is 1.68. The number of rotatable bonds is 9. The van der Waals surface area contributed by atoms with Crippen molar-refractivity contribution in [3.8, 4) is 18.1 Å². The summed E-state index contributed by atoms with van der Waals surface area (Å²) < 4.78 is 10.5. The van der Waals surface area contributed by atoms with Crippen LogP contribution in [0.1, 0.15) is 31.0 Å². The first-order chi connectivity index (χ1) is 16.3. The van der Waals surface area contributed by atoms with Crippen LogP contribution in [-0.4, -0.2) is 49.1 Å². The molecule has 0 aromatic heterocycles. The monoisotopic (exact) mass is 483 g/mol. The molecule has 2 atom stereocenters. The van der Waals surface area contributed by atoms with E-state index in [0.29, 0.717) is 35.8 Å². The molecule has 0 bridgehead atoms. The third-order valence-electron chi connectivity index (χ3n) is 5.31. The van der Waals surface area contributed by atoms with E-state index in [2.05, 4.69) is 16.6 Å². The van der Waals surface area contributed by atoms with Gasteiger partial charge in [-0.15, -0.1) is 6.42 Å². The Balaban J connectivity index is 1.77. The van der Waals surface area contributed by atoms with Crippen molar-refractivity contribution in [2.45, 2.75) is 25.9 Å². The van der Waals surface area contributed by atoms with Crippen LogP contribution in [0.4, 0.5) is 10.5 Å². The van der Waals surface area contributed by atoms with Gasteiger partial charge < -0.3 is 20.1 Å². The van der Waals surface area contributed by atoms with Crippen LogP contribution in [-0.2, 0) is 14.3 Å². The zero-order valence-electron chi connectivity index (χ0n) is 19.1. The summed E-state index contributed by atoms with van der Waals surface area (Å²) in [5.41, 5.74) is 1.48. The summed E-state index contributed by atoms with van der Waals surface area (Å²) >= 11 is 6.22. The zero-order chi connectivity index (χ0) is 24.8. The SMILES string of the molecule is C#Cc1ccc(NC(=O)[C@H](C(C)C)N2C(=O)N[C@H](c3ccc(OCCOC)cc3)C2=O)c(Cl)c1. The minimum Gasteiger partial charge on any atom is -0.491 e. The number of hydrogen-bond acceptors (Lipinski definition) is 5. The molecule has 178 valence electrons. The lowest BCUT2D eigenvalue weighted by molar-refractivity contribution is -0.135. The molecule has 2 aromatic carbocycles. The highest BCUT2D eigenvalue weighted by Gasteiger charge is 2.46. The molecule has 1 fully saturated rings. The van der Waals surface area contributed by atoms with E-state index >= 15 is 0 Å². The Labute approximate surface area is 203 Å². The van der Waals surface area contributed by atoms with Gasteiger partial charge in [0, 0.05) is 12.7 Å². The maximum atomic E-state index is 13.2. The first-order valence-electron chi connectivity index (χ1n) is 10.7. The molecular weight excluding hydrogens is 458 g/mol. The average Bonchev–Trinajstić information content (AvgIpc) is 3.10. The number of nitrogens with one attached hydrogen (secondary N) is 2. The van der Waals surface area contributed by atoms with Crippen LogP contribution in [0.2, 0.25) is 5.02 Å². The third kappa shape index (κ3) is 5.50. The number of benzene rings is 2. The number of hydrogen-bond donors (Lipinski definition) is 2. The molecule has 4 amide bonds. The van der Waals surface area contributed by atoms with Gasteiger partial charge in [-0.25, -0.2) is 9.69 Å². The maximum Gasteiger partial charge on any atom is 0.325 e. The molecule has 0 radical (unpaired) electrons. The Bertz CT molecular complexity index is 1110. The largest absolute Gasteiger partial charge is 0.491 e. The van der Waals surface area contributed by atoms with Crippen molar-refractivity contribution in [2.24, 2.45) is 5.92 Å². The van der Waals surface area contributed by atoms with Crippen molar-refractivity contribution in [2.75, 3.05) is 25.6 Å². The van der Waals surface area contributed by atoms with E-state index in [4.69, 9.17) is 27.5 Å². The summed E-state index contributed by atoms with van der Waals surface area (Å²) in [6.07, 6.45) is 5.37. The first-order valence-corrected chi connectivity index (χ1v) is 11.1. The first kappa shape index (κ1) is 25.1.